The lowest BCUT2D eigenvalue weighted by molar-refractivity contribution is 0.415. The summed E-state index contributed by atoms with van der Waals surface area (Å²) in [4.78, 5) is 2.22. The number of nitrogens with two attached hydrogens (primary N) is 1. The van der Waals surface area contributed by atoms with E-state index in [1.807, 2.05) is 18.2 Å². The van der Waals surface area contributed by atoms with Crippen molar-refractivity contribution in [3.63, 3.8) is 0 Å². The Morgan fingerprint density at radius 1 is 1.25 bits per heavy atom. The van der Waals surface area contributed by atoms with E-state index in [4.69, 9.17) is 10.5 Å². The highest BCUT2D eigenvalue weighted by Crippen LogP contribution is 2.24. The maximum Gasteiger partial charge on any atom is 0.122 e. The van der Waals surface area contributed by atoms with Crippen molar-refractivity contribution in [2.24, 2.45) is 0 Å². The number of hydrogen-bond acceptors (Lipinski definition) is 3. The molecule has 90 valence electrons. The zero-order chi connectivity index (χ0) is 12.0. The average Bonchev–Trinajstić information content (AvgIpc) is 2.28. The van der Waals surface area contributed by atoms with Gasteiger partial charge in [-0.05, 0) is 12.5 Å². The summed E-state index contributed by atoms with van der Waals surface area (Å²) >= 11 is 0. The van der Waals surface area contributed by atoms with Gasteiger partial charge >= 0.3 is 0 Å². The molecule has 16 heavy (non-hydrogen) atoms. The van der Waals surface area contributed by atoms with Crippen LogP contribution in [0.25, 0.3) is 0 Å². The summed E-state index contributed by atoms with van der Waals surface area (Å²) in [6, 6.07) is 5.83. The van der Waals surface area contributed by atoms with Gasteiger partial charge in [-0.25, -0.2) is 0 Å². The molecule has 2 N–H and O–H groups in total. The fourth-order valence-corrected chi connectivity index (χ4v) is 1.67. The first-order chi connectivity index (χ1) is 7.67. The number of unbranched alkanes of at least 4 members (excludes halogenated alkanes) is 2. The highest BCUT2D eigenvalue weighted by Gasteiger charge is 2.03. The summed E-state index contributed by atoms with van der Waals surface area (Å²) in [5, 5.41) is 0. The molecule has 0 saturated heterocycles. The number of methoxy groups -OCH3 is 1. The molecule has 1 aromatic carbocycles. The Bertz CT molecular complexity index is 326. The first-order valence-corrected chi connectivity index (χ1v) is 5.83. The molecule has 0 aliphatic heterocycles. The molecule has 0 heterocycles. The third-order valence-corrected chi connectivity index (χ3v) is 2.69. The van der Waals surface area contributed by atoms with Crippen LogP contribution in [-0.2, 0) is 0 Å². The Balaban J connectivity index is 2.66. The normalized spacial score (nSPS) is 10.2. The van der Waals surface area contributed by atoms with E-state index < -0.39 is 0 Å². The van der Waals surface area contributed by atoms with Gasteiger partial charge in [0.1, 0.15) is 5.75 Å². The van der Waals surface area contributed by atoms with Gasteiger partial charge in [0.05, 0.1) is 7.11 Å². The lowest BCUT2D eigenvalue weighted by Gasteiger charge is -2.20. The molecular formula is C13H22N2O. The number of nitrogens with zero attached hydrogens (tertiary/aromatic N) is 1. The standard InChI is InChI=1S/C13H22N2O/c1-4-5-6-7-15(2)12-8-11(14)9-13(10-12)16-3/h8-10H,4-7,14H2,1-3H3. The summed E-state index contributed by atoms with van der Waals surface area (Å²) in [7, 11) is 3.75. The van der Waals surface area contributed by atoms with E-state index in [-0.39, 0.29) is 0 Å². The zero-order valence-electron chi connectivity index (χ0n) is 10.5. The van der Waals surface area contributed by atoms with Gasteiger partial charge in [-0.1, -0.05) is 19.8 Å². The predicted octanol–water partition coefficient (Wildman–Crippen LogP) is 2.90. The smallest absolute Gasteiger partial charge is 0.122 e. The largest absolute Gasteiger partial charge is 0.497 e. The lowest BCUT2D eigenvalue weighted by atomic mass is 10.2. The maximum atomic E-state index is 5.82. The van der Waals surface area contributed by atoms with Gasteiger partial charge in [-0.3, -0.25) is 0 Å². The number of rotatable bonds is 6. The highest BCUT2D eigenvalue weighted by molar-refractivity contribution is 5.60. The van der Waals surface area contributed by atoms with E-state index in [9.17, 15) is 0 Å². The van der Waals surface area contributed by atoms with Crippen LogP contribution in [0.5, 0.6) is 5.75 Å². The van der Waals surface area contributed by atoms with Gasteiger partial charge in [0.2, 0.25) is 0 Å². The second-order valence-electron chi connectivity index (χ2n) is 4.09. The zero-order valence-corrected chi connectivity index (χ0v) is 10.5. The van der Waals surface area contributed by atoms with Crippen molar-refractivity contribution >= 4 is 11.4 Å². The molecule has 1 rings (SSSR count). The van der Waals surface area contributed by atoms with E-state index in [1.54, 1.807) is 7.11 Å². The van der Waals surface area contributed by atoms with Crippen LogP contribution in [0.3, 0.4) is 0 Å². The lowest BCUT2D eigenvalue weighted by Crippen LogP contribution is -2.18. The number of hydrogen-bond donors (Lipinski definition) is 1. The van der Waals surface area contributed by atoms with Crippen molar-refractivity contribution in [2.75, 3.05) is 31.3 Å². The molecule has 0 spiro atoms. The van der Waals surface area contributed by atoms with Gasteiger partial charge in [0.15, 0.2) is 0 Å². The quantitative estimate of drug-likeness (QED) is 0.594. The van der Waals surface area contributed by atoms with Crippen LogP contribution < -0.4 is 15.4 Å². The van der Waals surface area contributed by atoms with E-state index in [1.165, 1.54) is 19.3 Å². The molecule has 0 radical (unpaired) electrons. The SMILES string of the molecule is CCCCCN(C)c1cc(N)cc(OC)c1. The van der Waals surface area contributed by atoms with Gasteiger partial charge in [0.25, 0.3) is 0 Å². The first kappa shape index (κ1) is 12.7. The number of ether oxygens (including phenoxy) is 1. The van der Waals surface area contributed by atoms with Crippen molar-refractivity contribution in [1.82, 2.24) is 0 Å². The van der Waals surface area contributed by atoms with Gasteiger partial charge in [-0.2, -0.15) is 0 Å². The summed E-state index contributed by atoms with van der Waals surface area (Å²) in [6.07, 6.45) is 3.72. The van der Waals surface area contributed by atoms with Crippen LogP contribution in [0.15, 0.2) is 18.2 Å². The molecule has 0 atom stereocenters. The molecule has 0 fully saturated rings. The van der Waals surface area contributed by atoms with Crippen LogP contribution in [0.2, 0.25) is 0 Å². The minimum absolute atomic E-state index is 0.747. The Hall–Kier alpha value is -1.38. The van der Waals surface area contributed by atoms with E-state index >= 15 is 0 Å². The number of nitrogen functional groups attached to an aromatic ring is 1. The van der Waals surface area contributed by atoms with Gasteiger partial charge < -0.3 is 15.4 Å². The van der Waals surface area contributed by atoms with Crippen LogP contribution in [0, 0.1) is 0 Å². The van der Waals surface area contributed by atoms with Crippen molar-refractivity contribution in [3.05, 3.63) is 18.2 Å². The molecule has 0 aromatic heterocycles. The van der Waals surface area contributed by atoms with Crippen LogP contribution in [0.1, 0.15) is 26.2 Å². The third-order valence-electron chi connectivity index (χ3n) is 2.69. The molecule has 0 unspecified atom stereocenters. The molecule has 0 saturated carbocycles. The molecule has 0 aliphatic rings. The Labute approximate surface area is 98.2 Å². The van der Waals surface area contributed by atoms with Crippen molar-refractivity contribution in [1.29, 1.82) is 0 Å². The molecular weight excluding hydrogens is 200 g/mol. The summed E-state index contributed by atoms with van der Waals surface area (Å²) in [5.74, 6) is 0.817. The molecule has 3 nitrogen and oxygen atoms in total. The third kappa shape index (κ3) is 3.65. The highest BCUT2D eigenvalue weighted by atomic mass is 16.5. The predicted molar refractivity (Wildman–Crippen MR) is 70.2 cm³/mol. The Kier molecular flexibility index (Phi) is 4.96. The monoisotopic (exact) mass is 222 g/mol. The van der Waals surface area contributed by atoms with E-state index in [2.05, 4.69) is 18.9 Å². The summed E-state index contributed by atoms with van der Waals surface area (Å²) < 4.78 is 5.20. The molecule has 0 bridgehead atoms. The average molecular weight is 222 g/mol. The fraction of sp³-hybridized carbons (Fsp3) is 0.538. The fourth-order valence-electron chi connectivity index (χ4n) is 1.67. The topological polar surface area (TPSA) is 38.5 Å². The van der Waals surface area contributed by atoms with Gasteiger partial charge in [0, 0.05) is 37.1 Å². The molecule has 0 aliphatic carbocycles. The van der Waals surface area contributed by atoms with Crippen LogP contribution >= 0.6 is 0 Å². The summed E-state index contributed by atoms with van der Waals surface area (Å²) in [5.41, 5.74) is 7.69. The van der Waals surface area contributed by atoms with Crippen molar-refractivity contribution < 1.29 is 4.74 Å². The van der Waals surface area contributed by atoms with Crippen LogP contribution in [-0.4, -0.2) is 20.7 Å². The number of anilines is 2. The van der Waals surface area contributed by atoms with E-state index in [0.29, 0.717) is 0 Å². The minimum Gasteiger partial charge on any atom is -0.497 e. The van der Waals surface area contributed by atoms with Crippen molar-refractivity contribution in [3.8, 4) is 5.75 Å². The molecule has 1 aromatic rings. The molecule has 0 amide bonds. The second-order valence-corrected chi connectivity index (χ2v) is 4.09. The Morgan fingerprint density at radius 3 is 2.62 bits per heavy atom. The Morgan fingerprint density at radius 2 is 2.00 bits per heavy atom. The molecule has 3 heteroatoms. The maximum absolute atomic E-state index is 5.82. The van der Waals surface area contributed by atoms with Gasteiger partial charge in [-0.15, -0.1) is 0 Å². The second kappa shape index (κ2) is 6.26. The van der Waals surface area contributed by atoms with E-state index in [0.717, 1.165) is 23.7 Å². The summed E-state index contributed by atoms with van der Waals surface area (Å²) in [6.45, 7) is 3.27. The number of benzene rings is 1. The first-order valence-electron chi connectivity index (χ1n) is 5.83. The minimum atomic E-state index is 0.747. The van der Waals surface area contributed by atoms with Crippen LogP contribution in [0.4, 0.5) is 11.4 Å². The van der Waals surface area contributed by atoms with Crippen molar-refractivity contribution in [2.45, 2.75) is 26.2 Å².